The molecule has 0 aliphatic heterocycles. The zero-order valence-corrected chi connectivity index (χ0v) is 15.8. The maximum atomic E-state index is 12.5. The van der Waals surface area contributed by atoms with Crippen LogP contribution in [0, 0.1) is 0 Å². The van der Waals surface area contributed by atoms with Gasteiger partial charge in [0.05, 0.1) is 13.5 Å². The fourth-order valence-electron chi connectivity index (χ4n) is 2.20. The molecule has 1 unspecified atom stereocenters. The molecule has 0 saturated heterocycles. The second-order valence-electron chi connectivity index (χ2n) is 5.72. The maximum Gasteiger partial charge on any atom is 0.329 e. The maximum absolute atomic E-state index is 12.5. The number of rotatable bonds is 12. The molecule has 0 aromatic carbocycles. The SMILES string of the molecule is CCC/C=C/CC(=O)N(C(=O)C/C=C/CCC)C(CC(=O)O)C(=O)OC. The quantitative estimate of drug-likeness (QED) is 0.420. The molecule has 0 heterocycles. The van der Waals surface area contributed by atoms with Gasteiger partial charge >= 0.3 is 11.9 Å². The molecular formula is C19H29NO6. The Morgan fingerprint density at radius 1 is 0.923 bits per heavy atom. The molecule has 1 N–H and O–H groups in total. The molecule has 0 aromatic rings. The fourth-order valence-corrected chi connectivity index (χ4v) is 2.20. The van der Waals surface area contributed by atoms with Gasteiger partial charge in [-0.25, -0.2) is 4.79 Å². The third kappa shape index (κ3) is 9.15. The fraction of sp³-hybridized carbons (Fsp3) is 0.579. The van der Waals surface area contributed by atoms with Gasteiger partial charge in [-0.3, -0.25) is 19.3 Å². The van der Waals surface area contributed by atoms with Gasteiger partial charge in [0.15, 0.2) is 0 Å². The molecule has 0 bridgehead atoms. The van der Waals surface area contributed by atoms with Crippen LogP contribution >= 0.6 is 0 Å². The summed E-state index contributed by atoms with van der Waals surface area (Å²) in [5.41, 5.74) is 0. The van der Waals surface area contributed by atoms with Crippen molar-refractivity contribution in [2.75, 3.05) is 7.11 Å². The largest absolute Gasteiger partial charge is 0.481 e. The van der Waals surface area contributed by atoms with Crippen LogP contribution in [-0.2, 0) is 23.9 Å². The van der Waals surface area contributed by atoms with Gasteiger partial charge in [-0.2, -0.15) is 0 Å². The Labute approximate surface area is 154 Å². The smallest absolute Gasteiger partial charge is 0.329 e. The lowest BCUT2D eigenvalue weighted by molar-refractivity contribution is -0.161. The number of nitrogens with zero attached hydrogens (tertiary/aromatic N) is 1. The number of methoxy groups -OCH3 is 1. The van der Waals surface area contributed by atoms with E-state index in [1.807, 2.05) is 26.0 Å². The van der Waals surface area contributed by atoms with Crippen LogP contribution in [0.15, 0.2) is 24.3 Å². The van der Waals surface area contributed by atoms with Gasteiger partial charge in [0.2, 0.25) is 11.8 Å². The lowest BCUT2D eigenvalue weighted by atomic mass is 10.1. The Kier molecular flexibility index (Phi) is 12.5. The van der Waals surface area contributed by atoms with Crippen molar-refractivity contribution in [1.29, 1.82) is 0 Å². The highest BCUT2D eigenvalue weighted by atomic mass is 16.5. The van der Waals surface area contributed by atoms with E-state index in [1.165, 1.54) is 0 Å². The van der Waals surface area contributed by atoms with E-state index < -0.39 is 36.2 Å². The molecule has 0 radical (unpaired) electrons. The van der Waals surface area contributed by atoms with Gasteiger partial charge in [-0.05, 0) is 12.8 Å². The van der Waals surface area contributed by atoms with E-state index in [2.05, 4.69) is 4.74 Å². The number of carbonyl (C=O) groups is 4. The van der Waals surface area contributed by atoms with Crippen molar-refractivity contribution in [3.05, 3.63) is 24.3 Å². The molecule has 146 valence electrons. The van der Waals surface area contributed by atoms with Crippen molar-refractivity contribution in [2.45, 2.75) is 64.8 Å². The highest BCUT2D eigenvalue weighted by molar-refractivity contribution is 6.01. The summed E-state index contributed by atoms with van der Waals surface area (Å²) in [6.07, 6.45) is 9.41. The normalized spacial score (nSPS) is 12.3. The average Bonchev–Trinajstić information content (AvgIpc) is 2.60. The van der Waals surface area contributed by atoms with Gasteiger partial charge in [0.25, 0.3) is 0 Å². The summed E-state index contributed by atoms with van der Waals surface area (Å²) < 4.78 is 4.60. The van der Waals surface area contributed by atoms with Gasteiger partial charge in [-0.1, -0.05) is 51.0 Å². The number of carbonyl (C=O) groups excluding carboxylic acids is 3. The van der Waals surface area contributed by atoms with Crippen LogP contribution in [0.4, 0.5) is 0 Å². The minimum absolute atomic E-state index is 0.0858. The lowest BCUT2D eigenvalue weighted by Crippen LogP contribution is -2.49. The van der Waals surface area contributed by atoms with Gasteiger partial charge in [0.1, 0.15) is 6.04 Å². The number of carboxylic acids is 1. The van der Waals surface area contributed by atoms with Crippen molar-refractivity contribution < 1.29 is 29.0 Å². The first-order chi connectivity index (χ1) is 12.4. The number of allylic oxidation sites excluding steroid dienone is 2. The van der Waals surface area contributed by atoms with Crippen molar-refractivity contribution in [2.24, 2.45) is 0 Å². The molecule has 7 heteroatoms. The van der Waals surface area contributed by atoms with E-state index in [0.29, 0.717) is 0 Å². The Hall–Kier alpha value is -2.44. The van der Waals surface area contributed by atoms with E-state index in [1.54, 1.807) is 12.2 Å². The monoisotopic (exact) mass is 367 g/mol. The van der Waals surface area contributed by atoms with Crippen LogP contribution < -0.4 is 0 Å². The number of ether oxygens (including phenoxy) is 1. The molecule has 0 saturated carbocycles. The number of carboxylic acid groups (broad SMARTS) is 1. The molecule has 0 fully saturated rings. The number of imide groups is 1. The summed E-state index contributed by atoms with van der Waals surface area (Å²) in [7, 11) is 1.09. The average molecular weight is 367 g/mol. The summed E-state index contributed by atoms with van der Waals surface area (Å²) in [6, 6.07) is -1.48. The number of hydrogen-bond acceptors (Lipinski definition) is 5. The predicted molar refractivity (Wildman–Crippen MR) is 97.2 cm³/mol. The first-order valence-electron chi connectivity index (χ1n) is 8.83. The summed E-state index contributed by atoms with van der Waals surface area (Å²) in [5.74, 6) is -3.47. The number of aliphatic carboxylic acids is 1. The third-order valence-corrected chi connectivity index (χ3v) is 3.52. The first-order valence-corrected chi connectivity index (χ1v) is 8.83. The zero-order chi connectivity index (χ0) is 19.9. The third-order valence-electron chi connectivity index (χ3n) is 3.52. The van der Waals surface area contributed by atoms with E-state index in [0.717, 1.165) is 37.7 Å². The van der Waals surface area contributed by atoms with E-state index in [-0.39, 0.29) is 12.8 Å². The molecule has 1 atom stereocenters. The Morgan fingerprint density at radius 2 is 1.38 bits per heavy atom. The minimum atomic E-state index is -1.48. The van der Waals surface area contributed by atoms with Gasteiger partial charge in [-0.15, -0.1) is 0 Å². The van der Waals surface area contributed by atoms with Crippen LogP contribution in [-0.4, -0.2) is 46.9 Å². The second-order valence-corrected chi connectivity index (χ2v) is 5.72. The molecule has 0 aliphatic carbocycles. The number of esters is 1. The summed E-state index contributed by atoms with van der Waals surface area (Å²) >= 11 is 0. The van der Waals surface area contributed by atoms with E-state index >= 15 is 0 Å². The van der Waals surface area contributed by atoms with Crippen molar-refractivity contribution >= 4 is 23.8 Å². The topological polar surface area (TPSA) is 101 Å². The second kappa shape index (κ2) is 13.8. The van der Waals surface area contributed by atoms with Crippen LogP contribution in [0.1, 0.15) is 58.8 Å². The number of hydrogen-bond donors (Lipinski definition) is 1. The van der Waals surface area contributed by atoms with E-state index in [4.69, 9.17) is 5.11 Å². The van der Waals surface area contributed by atoms with Gasteiger partial charge in [0, 0.05) is 12.8 Å². The summed E-state index contributed by atoms with van der Waals surface area (Å²) in [6.45, 7) is 3.98. The Bertz CT molecular complexity index is 508. The standard InChI is InChI=1S/C19H29NO6/c1-4-6-8-10-12-16(21)20(17(22)13-11-9-7-5-2)15(14-18(23)24)19(25)26-3/h8-11,15H,4-7,12-14H2,1-3H3,(H,23,24)/b10-8+,11-9+. The van der Waals surface area contributed by atoms with Crippen molar-refractivity contribution in [3.8, 4) is 0 Å². The number of amides is 2. The first kappa shape index (κ1) is 23.6. The molecule has 0 aliphatic rings. The molecule has 2 amide bonds. The van der Waals surface area contributed by atoms with Crippen molar-refractivity contribution in [3.63, 3.8) is 0 Å². The predicted octanol–water partition coefficient (Wildman–Crippen LogP) is 2.85. The molecule has 26 heavy (non-hydrogen) atoms. The Morgan fingerprint density at radius 3 is 1.73 bits per heavy atom. The molecular weight excluding hydrogens is 338 g/mol. The highest BCUT2D eigenvalue weighted by Crippen LogP contribution is 2.13. The van der Waals surface area contributed by atoms with Crippen molar-refractivity contribution in [1.82, 2.24) is 4.90 Å². The number of unbranched alkanes of at least 4 members (excludes halogenated alkanes) is 2. The lowest BCUT2D eigenvalue weighted by Gasteiger charge is -2.26. The van der Waals surface area contributed by atoms with Crippen LogP contribution in [0.3, 0.4) is 0 Å². The molecule has 0 rings (SSSR count). The highest BCUT2D eigenvalue weighted by Gasteiger charge is 2.36. The molecule has 0 spiro atoms. The summed E-state index contributed by atoms with van der Waals surface area (Å²) in [4.78, 5) is 48.8. The van der Waals surface area contributed by atoms with Crippen LogP contribution in [0.25, 0.3) is 0 Å². The molecule has 0 aromatic heterocycles. The minimum Gasteiger partial charge on any atom is -0.481 e. The van der Waals surface area contributed by atoms with Crippen LogP contribution in [0.5, 0.6) is 0 Å². The Balaban J connectivity index is 5.45. The summed E-state index contributed by atoms with van der Waals surface area (Å²) in [5, 5.41) is 9.05. The van der Waals surface area contributed by atoms with E-state index in [9.17, 15) is 19.2 Å². The zero-order valence-electron chi connectivity index (χ0n) is 15.8. The van der Waals surface area contributed by atoms with Crippen LogP contribution in [0.2, 0.25) is 0 Å². The van der Waals surface area contributed by atoms with Gasteiger partial charge < -0.3 is 9.84 Å². The molecule has 7 nitrogen and oxygen atoms in total.